The Balaban J connectivity index is 1.67. The van der Waals surface area contributed by atoms with E-state index in [1.165, 1.54) is 24.3 Å². The highest BCUT2D eigenvalue weighted by Gasteiger charge is 2.30. The molecule has 4 nitrogen and oxygen atoms in total. The van der Waals surface area contributed by atoms with Crippen LogP contribution in [0, 0.1) is 11.6 Å². The summed E-state index contributed by atoms with van der Waals surface area (Å²) in [6.07, 6.45) is 0.894. The van der Waals surface area contributed by atoms with Crippen molar-refractivity contribution in [1.82, 2.24) is 0 Å². The Labute approximate surface area is 172 Å². The largest absolute Gasteiger partial charge is 0.457 e. The van der Waals surface area contributed by atoms with Crippen LogP contribution in [0.3, 0.4) is 0 Å². The Morgan fingerprint density at radius 1 is 1.00 bits per heavy atom. The van der Waals surface area contributed by atoms with Crippen molar-refractivity contribution in [3.63, 3.8) is 0 Å². The summed E-state index contributed by atoms with van der Waals surface area (Å²) < 4.78 is 33.4. The van der Waals surface area contributed by atoms with Crippen molar-refractivity contribution in [3.8, 4) is 0 Å². The Bertz CT molecular complexity index is 1130. The number of carbonyl (C=O) groups excluding carboxylic acids is 2. The molecule has 0 spiro atoms. The molecular formula is C24H19F2NO3. The van der Waals surface area contributed by atoms with Gasteiger partial charge in [0.25, 0.3) is 0 Å². The van der Waals surface area contributed by atoms with Crippen LogP contribution in [-0.2, 0) is 17.8 Å². The van der Waals surface area contributed by atoms with Gasteiger partial charge < -0.3 is 10.5 Å². The molecule has 1 atom stereocenters. The molecule has 0 heterocycles. The molecule has 2 N–H and O–H groups in total. The van der Waals surface area contributed by atoms with Crippen molar-refractivity contribution < 1.29 is 23.1 Å². The average molecular weight is 407 g/mol. The second-order valence-electron chi connectivity index (χ2n) is 7.27. The molecule has 1 amide bonds. The molecule has 4 rings (SSSR count). The van der Waals surface area contributed by atoms with E-state index in [1.54, 1.807) is 0 Å². The van der Waals surface area contributed by atoms with Crippen molar-refractivity contribution in [2.75, 3.05) is 0 Å². The van der Waals surface area contributed by atoms with Crippen molar-refractivity contribution in [2.24, 2.45) is 5.73 Å². The molecule has 0 saturated heterocycles. The summed E-state index contributed by atoms with van der Waals surface area (Å²) in [7, 11) is 0. The number of nitrogens with two attached hydrogens (primary N) is 1. The molecule has 1 aliphatic rings. The maximum absolute atomic E-state index is 14.2. The summed E-state index contributed by atoms with van der Waals surface area (Å²) in [4.78, 5) is 24.5. The van der Waals surface area contributed by atoms with Crippen molar-refractivity contribution in [1.29, 1.82) is 0 Å². The Morgan fingerprint density at radius 3 is 2.50 bits per heavy atom. The van der Waals surface area contributed by atoms with Gasteiger partial charge in [0, 0.05) is 17.5 Å². The van der Waals surface area contributed by atoms with E-state index in [-0.39, 0.29) is 17.7 Å². The highest BCUT2D eigenvalue weighted by molar-refractivity contribution is 5.97. The number of benzene rings is 3. The monoisotopic (exact) mass is 407 g/mol. The highest BCUT2D eigenvalue weighted by atomic mass is 19.1. The van der Waals surface area contributed by atoms with E-state index in [0.717, 1.165) is 11.6 Å². The first-order chi connectivity index (χ1) is 14.4. The number of hydrogen-bond acceptors (Lipinski definition) is 3. The van der Waals surface area contributed by atoms with E-state index in [1.807, 2.05) is 30.3 Å². The SMILES string of the molecule is NC(=O)c1ccc(C(=O)OCc2ccccc2)cc1[C@H]1CCc2c(F)cc(F)cc21. The van der Waals surface area contributed by atoms with Crippen LogP contribution >= 0.6 is 0 Å². The predicted octanol–water partition coefficient (Wildman–Crippen LogP) is 4.50. The first kappa shape index (κ1) is 19.8. The molecule has 0 fully saturated rings. The van der Waals surface area contributed by atoms with E-state index in [2.05, 4.69) is 0 Å². The first-order valence-corrected chi connectivity index (χ1v) is 9.56. The van der Waals surface area contributed by atoms with Crippen LogP contribution in [0.2, 0.25) is 0 Å². The number of primary amides is 1. The summed E-state index contributed by atoms with van der Waals surface area (Å²) in [5, 5.41) is 0. The molecule has 3 aromatic rings. The Morgan fingerprint density at radius 2 is 1.77 bits per heavy atom. The number of hydrogen-bond donors (Lipinski definition) is 1. The molecule has 0 saturated carbocycles. The van der Waals surface area contributed by atoms with Crippen LogP contribution in [0.5, 0.6) is 0 Å². The van der Waals surface area contributed by atoms with E-state index < -0.39 is 29.4 Å². The average Bonchev–Trinajstić information content (AvgIpc) is 3.16. The summed E-state index contributed by atoms with van der Waals surface area (Å²) in [6, 6.07) is 15.8. The zero-order valence-corrected chi connectivity index (χ0v) is 16.0. The first-order valence-electron chi connectivity index (χ1n) is 9.56. The van der Waals surface area contributed by atoms with Gasteiger partial charge in [-0.25, -0.2) is 13.6 Å². The van der Waals surface area contributed by atoms with Crippen LogP contribution in [0.15, 0.2) is 60.7 Å². The number of rotatable bonds is 5. The maximum atomic E-state index is 14.2. The Hall–Kier alpha value is -3.54. The quantitative estimate of drug-likeness (QED) is 0.633. The minimum atomic E-state index is -0.683. The molecule has 1 aliphatic carbocycles. The van der Waals surface area contributed by atoms with Crippen molar-refractivity contribution >= 4 is 11.9 Å². The van der Waals surface area contributed by atoms with Gasteiger partial charge in [0.2, 0.25) is 5.91 Å². The number of ether oxygens (including phenoxy) is 1. The highest BCUT2D eigenvalue weighted by Crippen LogP contribution is 2.41. The standard InChI is InChI=1S/C24H19F2NO3/c25-16-11-21-17(8-9-18(21)22(26)12-16)20-10-15(6-7-19(20)23(27)28)24(29)30-13-14-4-2-1-3-5-14/h1-7,10-12,17H,8-9,13H2,(H2,27,28)/t17-/m1/s1. The molecular weight excluding hydrogens is 388 g/mol. The third-order valence-electron chi connectivity index (χ3n) is 5.39. The van der Waals surface area contributed by atoms with Gasteiger partial charge in [0.05, 0.1) is 5.56 Å². The molecule has 0 aromatic heterocycles. The molecule has 6 heteroatoms. The van der Waals surface area contributed by atoms with Crippen LogP contribution in [0.1, 0.15) is 55.3 Å². The maximum Gasteiger partial charge on any atom is 0.338 e. The van der Waals surface area contributed by atoms with Gasteiger partial charge in [-0.3, -0.25) is 4.79 Å². The van der Waals surface area contributed by atoms with E-state index >= 15 is 0 Å². The molecule has 0 bridgehead atoms. The van der Waals surface area contributed by atoms with Crippen LogP contribution < -0.4 is 5.73 Å². The normalized spacial score (nSPS) is 14.9. The summed E-state index contributed by atoms with van der Waals surface area (Å²) in [6.45, 7) is 0.106. The van der Waals surface area contributed by atoms with Gasteiger partial charge in [0.1, 0.15) is 18.2 Å². The van der Waals surface area contributed by atoms with Gasteiger partial charge in [0.15, 0.2) is 0 Å². The lowest BCUT2D eigenvalue weighted by Gasteiger charge is -2.17. The predicted molar refractivity (Wildman–Crippen MR) is 107 cm³/mol. The summed E-state index contributed by atoms with van der Waals surface area (Å²) in [5.41, 5.74) is 8.20. The lowest BCUT2D eigenvalue weighted by molar-refractivity contribution is 0.0472. The molecule has 30 heavy (non-hydrogen) atoms. The van der Waals surface area contributed by atoms with Gasteiger partial charge in [-0.2, -0.15) is 0 Å². The van der Waals surface area contributed by atoms with Crippen LogP contribution in [-0.4, -0.2) is 11.9 Å². The summed E-state index contributed by atoms with van der Waals surface area (Å²) in [5.74, 6) is -2.95. The minimum Gasteiger partial charge on any atom is -0.457 e. The lowest BCUT2D eigenvalue weighted by atomic mass is 9.87. The fourth-order valence-electron chi connectivity index (χ4n) is 3.97. The lowest BCUT2D eigenvalue weighted by Crippen LogP contribution is -2.17. The summed E-state index contributed by atoms with van der Waals surface area (Å²) >= 11 is 0. The van der Waals surface area contributed by atoms with Gasteiger partial charge in [-0.1, -0.05) is 30.3 Å². The number of carbonyl (C=O) groups is 2. The van der Waals surface area contributed by atoms with Crippen LogP contribution in [0.25, 0.3) is 0 Å². The van der Waals surface area contributed by atoms with E-state index in [9.17, 15) is 18.4 Å². The van der Waals surface area contributed by atoms with Gasteiger partial charge in [-0.15, -0.1) is 0 Å². The fraction of sp³-hybridized carbons (Fsp3) is 0.167. The number of fused-ring (bicyclic) bond motifs is 1. The zero-order valence-electron chi connectivity index (χ0n) is 16.0. The fourth-order valence-corrected chi connectivity index (χ4v) is 3.97. The van der Waals surface area contributed by atoms with Crippen LogP contribution in [0.4, 0.5) is 8.78 Å². The topological polar surface area (TPSA) is 69.4 Å². The second-order valence-corrected chi connectivity index (χ2v) is 7.27. The second kappa shape index (κ2) is 8.06. The van der Waals surface area contributed by atoms with Gasteiger partial charge >= 0.3 is 5.97 Å². The Kier molecular flexibility index (Phi) is 5.31. The molecule has 0 aliphatic heterocycles. The number of amides is 1. The third-order valence-corrected chi connectivity index (χ3v) is 5.39. The minimum absolute atomic E-state index is 0.106. The smallest absolute Gasteiger partial charge is 0.338 e. The molecule has 0 radical (unpaired) electrons. The van der Waals surface area contributed by atoms with E-state index in [0.29, 0.717) is 29.5 Å². The molecule has 0 unspecified atom stereocenters. The molecule has 3 aromatic carbocycles. The van der Waals surface area contributed by atoms with E-state index in [4.69, 9.17) is 10.5 Å². The van der Waals surface area contributed by atoms with Gasteiger partial charge in [-0.05, 0) is 59.4 Å². The molecule has 152 valence electrons. The van der Waals surface area contributed by atoms with Crippen molar-refractivity contribution in [2.45, 2.75) is 25.4 Å². The zero-order chi connectivity index (χ0) is 21.3. The number of esters is 1. The third kappa shape index (κ3) is 3.81. The van der Waals surface area contributed by atoms with Crippen molar-refractivity contribution in [3.05, 3.63) is 106 Å². The number of halogens is 2.